The number of hydrogen-bond acceptors (Lipinski definition) is 8. The summed E-state index contributed by atoms with van der Waals surface area (Å²) < 4.78 is 28.9. The first-order valence-electron chi connectivity index (χ1n) is 9.94. The molecule has 3 aromatic rings. The summed E-state index contributed by atoms with van der Waals surface area (Å²) in [5.74, 6) is -0.246. The number of amides is 1. The van der Waals surface area contributed by atoms with Gasteiger partial charge >= 0.3 is 5.97 Å². The number of esters is 1. The third-order valence-corrected chi connectivity index (χ3v) is 4.90. The first-order valence-corrected chi connectivity index (χ1v) is 10.9. The summed E-state index contributed by atoms with van der Waals surface area (Å²) in [5.41, 5.74) is 0.981. The minimum Gasteiger partial charge on any atom is -0.484 e. The lowest BCUT2D eigenvalue weighted by molar-refractivity contribution is -0.113. The van der Waals surface area contributed by atoms with Crippen molar-refractivity contribution in [2.75, 3.05) is 17.7 Å². The van der Waals surface area contributed by atoms with E-state index in [9.17, 15) is 14.0 Å². The van der Waals surface area contributed by atoms with Gasteiger partial charge in [-0.1, -0.05) is 25.1 Å². The lowest BCUT2D eigenvalue weighted by atomic mass is 10.2. The fourth-order valence-corrected chi connectivity index (χ4v) is 3.02. The molecule has 1 heterocycles. The molecule has 0 radical (unpaired) electrons. The zero-order valence-electron chi connectivity index (χ0n) is 17.4. The minimum absolute atomic E-state index is 0.0264. The van der Waals surface area contributed by atoms with E-state index in [1.165, 1.54) is 24.3 Å². The lowest BCUT2D eigenvalue weighted by Gasteiger charge is -2.06. The predicted octanol–water partition coefficient (Wildman–Crippen LogP) is 4.48. The molecule has 1 aromatic heterocycles. The summed E-state index contributed by atoms with van der Waals surface area (Å²) in [7, 11) is 0. The summed E-state index contributed by atoms with van der Waals surface area (Å²) in [5, 5.41) is 10.7. The van der Waals surface area contributed by atoms with Crippen LogP contribution in [0.15, 0.2) is 58.2 Å². The highest BCUT2D eigenvalue weighted by atomic mass is 32.2. The normalized spacial score (nSPS) is 10.6. The number of thioether (sulfide) groups is 1. The fraction of sp³-hybridized carbons (Fsp3) is 0.273. The van der Waals surface area contributed by atoms with Crippen molar-refractivity contribution in [3.63, 3.8) is 0 Å². The molecule has 0 aliphatic carbocycles. The zero-order chi connectivity index (χ0) is 22.8. The quantitative estimate of drug-likeness (QED) is 0.254. The molecule has 3 rings (SSSR count). The Morgan fingerprint density at radius 2 is 1.84 bits per heavy atom. The third kappa shape index (κ3) is 7.38. The van der Waals surface area contributed by atoms with Crippen LogP contribution in [0.25, 0.3) is 0 Å². The Bertz CT molecular complexity index is 1020. The topological polar surface area (TPSA) is 104 Å². The summed E-state index contributed by atoms with van der Waals surface area (Å²) in [6.07, 6.45) is 1.77. The van der Waals surface area contributed by atoms with Crippen LogP contribution in [0.1, 0.15) is 36.0 Å². The highest BCUT2D eigenvalue weighted by Gasteiger charge is 2.12. The number of hydrogen-bond donors (Lipinski definition) is 1. The van der Waals surface area contributed by atoms with Crippen LogP contribution >= 0.6 is 11.8 Å². The van der Waals surface area contributed by atoms with Gasteiger partial charge in [0.1, 0.15) is 11.6 Å². The van der Waals surface area contributed by atoms with Gasteiger partial charge in [-0.2, -0.15) is 0 Å². The molecule has 0 aliphatic rings. The van der Waals surface area contributed by atoms with E-state index in [-0.39, 0.29) is 41.2 Å². The molecule has 32 heavy (non-hydrogen) atoms. The van der Waals surface area contributed by atoms with E-state index >= 15 is 0 Å². The third-order valence-electron chi connectivity index (χ3n) is 4.09. The maximum absolute atomic E-state index is 12.9. The molecule has 2 aromatic carbocycles. The Morgan fingerprint density at radius 3 is 2.56 bits per heavy atom. The maximum Gasteiger partial charge on any atom is 0.338 e. The van der Waals surface area contributed by atoms with Gasteiger partial charge in [-0.05, 0) is 55.0 Å². The number of nitrogens with zero attached hydrogens (tertiary/aromatic N) is 2. The van der Waals surface area contributed by atoms with E-state index in [4.69, 9.17) is 13.9 Å². The van der Waals surface area contributed by atoms with Crippen LogP contribution in [0.5, 0.6) is 5.75 Å². The molecule has 0 saturated carbocycles. The summed E-state index contributed by atoms with van der Waals surface area (Å²) in [6, 6.07) is 12.0. The summed E-state index contributed by atoms with van der Waals surface area (Å²) in [4.78, 5) is 24.1. The fourth-order valence-electron chi connectivity index (χ4n) is 2.44. The molecule has 0 spiro atoms. The van der Waals surface area contributed by atoms with Gasteiger partial charge in [0.2, 0.25) is 5.91 Å². The van der Waals surface area contributed by atoms with E-state index in [1.54, 1.807) is 24.3 Å². The number of anilines is 1. The van der Waals surface area contributed by atoms with Gasteiger partial charge in [-0.3, -0.25) is 4.79 Å². The van der Waals surface area contributed by atoms with Gasteiger partial charge in [-0.25, -0.2) is 9.18 Å². The summed E-state index contributed by atoms with van der Waals surface area (Å²) >= 11 is 1.08. The van der Waals surface area contributed by atoms with Crippen LogP contribution in [-0.2, 0) is 16.1 Å². The molecule has 0 aliphatic heterocycles. The van der Waals surface area contributed by atoms with E-state index in [0.29, 0.717) is 23.6 Å². The minimum atomic E-state index is -0.387. The Hall–Kier alpha value is -3.40. The number of ether oxygens (including phenoxy) is 2. The Kier molecular flexibility index (Phi) is 8.61. The molecule has 0 atom stereocenters. The second-order valence-corrected chi connectivity index (χ2v) is 7.53. The van der Waals surface area contributed by atoms with Crippen LogP contribution in [0.3, 0.4) is 0 Å². The van der Waals surface area contributed by atoms with E-state index in [1.807, 2.05) is 6.92 Å². The highest BCUT2D eigenvalue weighted by Crippen LogP contribution is 2.19. The molecule has 0 unspecified atom stereocenters. The smallest absolute Gasteiger partial charge is 0.338 e. The van der Waals surface area contributed by atoms with Crippen molar-refractivity contribution in [1.29, 1.82) is 0 Å². The summed E-state index contributed by atoms with van der Waals surface area (Å²) in [6.45, 7) is 2.44. The Balaban J connectivity index is 1.41. The van der Waals surface area contributed by atoms with Crippen molar-refractivity contribution in [2.24, 2.45) is 0 Å². The monoisotopic (exact) mass is 459 g/mol. The SMILES string of the molecule is CCCCOC(=O)c1ccc(NC(=O)CSc2nnc(COc3ccc(F)cc3)o2)cc1. The van der Waals surface area contributed by atoms with Crippen molar-refractivity contribution >= 4 is 29.3 Å². The van der Waals surface area contributed by atoms with Crippen molar-refractivity contribution in [3.8, 4) is 5.75 Å². The van der Waals surface area contributed by atoms with Crippen molar-refractivity contribution < 1.29 is 27.9 Å². The second-order valence-electron chi connectivity index (χ2n) is 6.61. The van der Waals surface area contributed by atoms with E-state index in [0.717, 1.165) is 24.6 Å². The Labute approximate surface area is 188 Å². The molecular weight excluding hydrogens is 437 g/mol. The molecule has 0 bridgehead atoms. The van der Waals surface area contributed by atoms with Gasteiger partial charge in [-0.15, -0.1) is 10.2 Å². The van der Waals surface area contributed by atoms with Crippen molar-refractivity contribution in [1.82, 2.24) is 10.2 Å². The second kappa shape index (κ2) is 11.8. The Morgan fingerprint density at radius 1 is 1.09 bits per heavy atom. The molecule has 168 valence electrons. The number of carbonyl (C=O) groups excluding carboxylic acids is 2. The first kappa shape index (κ1) is 23.3. The van der Waals surface area contributed by atoms with Crippen LogP contribution < -0.4 is 10.1 Å². The van der Waals surface area contributed by atoms with Crippen molar-refractivity contribution in [3.05, 3.63) is 65.8 Å². The van der Waals surface area contributed by atoms with E-state index in [2.05, 4.69) is 15.5 Å². The van der Waals surface area contributed by atoms with Gasteiger partial charge in [0.15, 0.2) is 6.61 Å². The predicted molar refractivity (Wildman–Crippen MR) is 116 cm³/mol. The molecule has 8 nitrogen and oxygen atoms in total. The maximum atomic E-state index is 12.9. The average Bonchev–Trinajstić information content (AvgIpc) is 3.26. The average molecular weight is 459 g/mol. The van der Waals surface area contributed by atoms with Gasteiger partial charge in [0, 0.05) is 5.69 Å². The molecule has 1 N–H and O–H groups in total. The van der Waals surface area contributed by atoms with Gasteiger partial charge in [0.05, 0.1) is 17.9 Å². The lowest BCUT2D eigenvalue weighted by Crippen LogP contribution is -2.14. The largest absolute Gasteiger partial charge is 0.484 e. The van der Waals surface area contributed by atoms with Crippen molar-refractivity contribution in [2.45, 2.75) is 31.6 Å². The molecule has 0 saturated heterocycles. The van der Waals surface area contributed by atoms with E-state index < -0.39 is 0 Å². The number of aromatic nitrogens is 2. The van der Waals surface area contributed by atoms with Gasteiger partial charge < -0.3 is 19.2 Å². The molecule has 10 heteroatoms. The van der Waals surface area contributed by atoms with Gasteiger partial charge in [0.25, 0.3) is 11.1 Å². The molecular formula is C22H22FN3O5S. The highest BCUT2D eigenvalue weighted by molar-refractivity contribution is 7.99. The first-order chi connectivity index (χ1) is 15.5. The zero-order valence-corrected chi connectivity index (χ0v) is 18.2. The van der Waals surface area contributed by atoms with Crippen LogP contribution in [0.2, 0.25) is 0 Å². The number of carbonyl (C=O) groups is 2. The number of benzene rings is 2. The molecule has 0 fully saturated rings. The van der Waals surface area contributed by atoms with Crippen LogP contribution in [0.4, 0.5) is 10.1 Å². The standard InChI is InChI=1S/C22H22FN3O5S/c1-2-3-12-29-21(28)15-4-8-17(9-5-15)24-19(27)14-32-22-26-25-20(31-22)13-30-18-10-6-16(23)7-11-18/h4-11H,2-3,12-14H2,1H3,(H,24,27). The molecule has 1 amide bonds. The number of halogens is 1. The number of rotatable bonds is 11. The van der Waals surface area contributed by atoms with Crippen LogP contribution in [-0.4, -0.2) is 34.4 Å². The number of unbranched alkanes of at least 4 members (excludes halogenated alkanes) is 1. The van der Waals surface area contributed by atoms with Crippen LogP contribution in [0, 0.1) is 5.82 Å². The number of nitrogens with one attached hydrogen (secondary N) is 1.